The summed E-state index contributed by atoms with van der Waals surface area (Å²) < 4.78 is 5.21. The van der Waals surface area contributed by atoms with Crippen LogP contribution in [-0.2, 0) is 6.42 Å². The number of hydrogen-bond donors (Lipinski definition) is 1. The largest absolute Gasteiger partial charge is 0.393 e. The molecule has 1 atom stereocenters. The first-order chi connectivity index (χ1) is 8.79. The van der Waals surface area contributed by atoms with Gasteiger partial charge in [-0.2, -0.15) is 4.98 Å². The van der Waals surface area contributed by atoms with Crippen molar-refractivity contribution in [2.45, 2.75) is 58.0 Å². The smallest absolute Gasteiger partial charge is 0.266 e. The molecular weight excluding hydrogens is 230 g/mol. The van der Waals surface area contributed by atoms with E-state index in [4.69, 9.17) is 4.52 Å². The summed E-state index contributed by atoms with van der Waals surface area (Å²) >= 11 is 0. The molecule has 18 heavy (non-hydrogen) atoms. The van der Waals surface area contributed by atoms with Crippen molar-refractivity contribution >= 4 is 5.95 Å². The van der Waals surface area contributed by atoms with Gasteiger partial charge in [0.2, 0.25) is 5.89 Å². The summed E-state index contributed by atoms with van der Waals surface area (Å²) in [5.41, 5.74) is 0. The van der Waals surface area contributed by atoms with Crippen molar-refractivity contribution in [2.75, 3.05) is 18.0 Å². The van der Waals surface area contributed by atoms with Gasteiger partial charge >= 0.3 is 0 Å². The lowest BCUT2D eigenvalue weighted by Gasteiger charge is -2.16. The third-order valence-electron chi connectivity index (χ3n) is 3.38. The zero-order chi connectivity index (χ0) is 12.8. The van der Waals surface area contributed by atoms with Gasteiger partial charge in [0.1, 0.15) is 0 Å². The minimum atomic E-state index is -0.368. The number of rotatable bonds is 5. The molecule has 2 heterocycles. The maximum Gasteiger partial charge on any atom is 0.266 e. The van der Waals surface area contributed by atoms with Crippen molar-refractivity contribution < 1.29 is 9.63 Å². The molecule has 5 heteroatoms. The number of anilines is 1. The number of nitrogens with zero attached hydrogens (tertiary/aromatic N) is 3. The number of aromatic nitrogens is 2. The summed E-state index contributed by atoms with van der Waals surface area (Å²) in [5, 5.41) is 13.7. The average Bonchev–Trinajstić information content (AvgIpc) is 2.64. The zero-order valence-electron chi connectivity index (χ0n) is 11.1. The van der Waals surface area contributed by atoms with Gasteiger partial charge in [0.05, 0.1) is 12.5 Å². The van der Waals surface area contributed by atoms with Crippen LogP contribution in [0.3, 0.4) is 0 Å². The molecule has 0 spiro atoms. The predicted molar refractivity (Wildman–Crippen MR) is 69.6 cm³/mol. The molecule has 1 aliphatic rings. The van der Waals surface area contributed by atoms with Crippen molar-refractivity contribution in [1.29, 1.82) is 0 Å². The molecule has 0 aromatic carbocycles. The minimum absolute atomic E-state index is 0.368. The van der Waals surface area contributed by atoms with Crippen molar-refractivity contribution in [3.63, 3.8) is 0 Å². The van der Waals surface area contributed by atoms with Gasteiger partial charge in [-0.15, -0.1) is 0 Å². The fraction of sp³-hybridized carbons (Fsp3) is 0.846. The van der Waals surface area contributed by atoms with Crippen molar-refractivity contribution in [1.82, 2.24) is 10.1 Å². The zero-order valence-corrected chi connectivity index (χ0v) is 11.1. The highest BCUT2D eigenvalue weighted by atomic mass is 16.5. The molecule has 1 aromatic heterocycles. The fourth-order valence-corrected chi connectivity index (χ4v) is 2.36. The first-order valence-corrected chi connectivity index (χ1v) is 7.05. The van der Waals surface area contributed by atoms with Crippen LogP contribution in [0.2, 0.25) is 0 Å². The van der Waals surface area contributed by atoms with Crippen LogP contribution in [0.15, 0.2) is 4.52 Å². The van der Waals surface area contributed by atoms with Crippen LogP contribution in [0.4, 0.5) is 5.95 Å². The quantitative estimate of drug-likeness (QED) is 0.871. The third kappa shape index (κ3) is 3.70. The van der Waals surface area contributed by atoms with Gasteiger partial charge in [-0.1, -0.05) is 26.2 Å². The summed E-state index contributed by atoms with van der Waals surface area (Å²) in [7, 11) is 0. The Bertz CT molecular complexity index is 346. The van der Waals surface area contributed by atoms with Crippen molar-refractivity contribution in [3.8, 4) is 0 Å². The maximum absolute atomic E-state index is 9.73. The molecule has 0 bridgehead atoms. The third-order valence-corrected chi connectivity index (χ3v) is 3.38. The average molecular weight is 253 g/mol. The molecular formula is C13H23N3O2. The van der Waals surface area contributed by atoms with E-state index in [2.05, 4.69) is 22.0 Å². The van der Waals surface area contributed by atoms with E-state index >= 15 is 0 Å². The highest BCUT2D eigenvalue weighted by Crippen LogP contribution is 2.17. The van der Waals surface area contributed by atoms with Gasteiger partial charge in [0.25, 0.3) is 5.95 Å². The normalized spacial score (nSPS) is 18.7. The summed E-state index contributed by atoms with van der Waals surface area (Å²) in [6.07, 6.45) is 6.81. The van der Waals surface area contributed by atoms with E-state index in [1.807, 2.05) is 0 Å². The van der Waals surface area contributed by atoms with E-state index in [0.717, 1.165) is 25.9 Å². The van der Waals surface area contributed by atoms with Gasteiger partial charge in [0, 0.05) is 13.1 Å². The number of aliphatic hydroxyl groups is 1. The molecule has 0 amide bonds. The first-order valence-electron chi connectivity index (χ1n) is 7.05. The van der Waals surface area contributed by atoms with Crippen molar-refractivity contribution in [2.24, 2.45) is 0 Å². The Morgan fingerprint density at radius 2 is 2.00 bits per heavy atom. The van der Waals surface area contributed by atoms with E-state index in [1.54, 1.807) is 0 Å². The lowest BCUT2D eigenvalue weighted by molar-refractivity contribution is 0.152. The lowest BCUT2D eigenvalue weighted by atomic mass is 10.1. The second-order valence-corrected chi connectivity index (χ2v) is 5.04. The molecule has 0 radical (unpaired) electrons. The predicted octanol–water partition coefficient (Wildman–Crippen LogP) is 2.15. The highest BCUT2D eigenvalue weighted by Gasteiger charge is 2.17. The Morgan fingerprint density at radius 3 is 2.67 bits per heavy atom. The second kappa shape index (κ2) is 6.73. The number of hydrogen-bond acceptors (Lipinski definition) is 5. The molecule has 102 valence electrons. The molecule has 0 saturated carbocycles. The standard InChI is InChI=1S/C13H23N3O2/c1-2-7-11(17)10-12-14-13(15-18-12)16-8-5-3-4-6-9-16/h11,17H,2-10H2,1H3. The van der Waals surface area contributed by atoms with E-state index in [9.17, 15) is 5.11 Å². The molecule has 1 saturated heterocycles. The maximum atomic E-state index is 9.73. The van der Waals surface area contributed by atoms with Crippen LogP contribution in [0.5, 0.6) is 0 Å². The second-order valence-electron chi connectivity index (χ2n) is 5.04. The fourth-order valence-electron chi connectivity index (χ4n) is 2.36. The lowest BCUT2D eigenvalue weighted by Crippen LogP contribution is -2.25. The summed E-state index contributed by atoms with van der Waals surface area (Å²) in [6, 6.07) is 0. The SMILES string of the molecule is CCCC(O)Cc1nc(N2CCCCCC2)no1. The Morgan fingerprint density at radius 1 is 1.28 bits per heavy atom. The Balaban J connectivity index is 1.92. The van der Waals surface area contributed by atoms with Gasteiger partial charge < -0.3 is 14.5 Å². The van der Waals surface area contributed by atoms with Crippen molar-refractivity contribution in [3.05, 3.63) is 5.89 Å². The van der Waals surface area contributed by atoms with E-state index in [1.165, 1.54) is 25.7 Å². The summed E-state index contributed by atoms with van der Waals surface area (Å²) in [4.78, 5) is 6.57. The topological polar surface area (TPSA) is 62.4 Å². The monoisotopic (exact) mass is 253 g/mol. The van der Waals surface area contributed by atoms with Gasteiger partial charge in [0.15, 0.2) is 0 Å². The van der Waals surface area contributed by atoms with E-state index < -0.39 is 0 Å². The van der Waals surface area contributed by atoms with Crippen LogP contribution in [0.25, 0.3) is 0 Å². The molecule has 1 unspecified atom stereocenters. The molecule has 1 N–H and O–H groups in total. The van der Waals surface area contributed by atoms with Crippen LogP contribution in [0, 0.1) is 0 Å². The highest BCUT2D eigenvalue weighted by molar-refractivity contribution is 5.27. The molecule has 1 fully saturated rings. The van der Waals surface area contributed by atoms with Gasteiger partial charge in [-0.05, 0) is 24.4 Å². The van der Waals surface area contributed by atoms with E-state index in [0.29, 0.717) is 18.3 Å². The summed E-state index contributed by atoms with van der Waals surface area (Å²) in [5.74, 6) is 1.24. The molecule has 1 aromatic rings. The minimum Gasteiger partial charge on any atom is -0.393 e. The molecule has 1 aliphatic heterocycles. The molecule has 2 rings (SSSR count). The Hall–Kier alpha value is -1.10. The van der Waals surface area contributed by atoms with Crippen LogP contribution < -0.4 is 4.90 Å². The van der Waals surface area contributed by atoms with E-state index in [-0.39, 0.29) is 6.10 Å². The number of aliphatic hydroxyl groups excluding tert-OH is 1. The van der Waals surface area contributed by atoms with Gasteiger partial charge in [-0.25, -0.2) is 0 Å². The summed E-state index contributed by atoms with van der Waals surface area (Å²) in [6.45, 7) is 4.08. The van der Waals surface area contributed by atoms with Crippen LogP contribution >= 0.6 is 0 Å². The molecule has 0 aliphatic carbocycles. The van der Waals surface area contributed by atoms with Crippen LogP contribution in [0.1, 0.15) is 51.3 Å². The molecule has 5 nitrogen and oxygen atoms in total. The van der Waals surface area contributed by atoms with Crippen LogP contribution in [-0.4, -0.2) is 34.4 Å². The first kappa shape index (κ1) is 13.3. The Kier molecular flexibility index (Phi) is 4.99. The van der Waals surface area contributed by atoms with Gasteiger partial charge in [-0.3, -0.25) is 0 Å². The Labute approximate surface area is 108 Å².